The van der Waals surface area contributed by atoms with Gasteiger partial charge in [0.1, 0.15) is 11.6 Å². The van der Waals surface area contributed by atoms with E-state index in [1.54, 1.807) is 42.5 Å². The van der Waals surface area contributed by atoms with Crippen LogP contribution in [-0.4, -0.2) is 33.1 Å². The molecule has 4 rings (SSSR count). The molecule has 1 heterocycles. The van der Waals surface area contributed by atoms with E-state index in [9.17, 15) is 24.9 Å². The number of carbonyl (C=O) groups is 2. The largest absolute Gasteiger partial charge is 0.507 e. The standard InChI is InChI=1S/C24H21N5O5/c25-17-4-2-1-3-13(17)15-7-12(14(24(33)34)10-20(30)31)8-16(21(15)32)23-28-18-6-5-11(22(26)27)9-19(18)29-23/h1-9,14,23,32H,10,25H2,(H3,26,27)(H,30,31)(H,33,34). The molecule has 1 aliphatic rings. The first-order valence-corrected chi connectivity index (χ1v) is 10.2. The van der Waals surface area contributed by atoms with E-state index < -0.39 is 30.4 Å². The molecular weight excluding hydrogens is 438 g/mol. The van der Waals surface area contributed by atoms with Gasteiger partial charge in [0.25, 0.3) is 0 Å². The highest BCUT2D eigenvalue weighted by atomic mass is 16.4. The molecule has 0 amide bonds. The molecule has 0 bridgehead atoms. The number of hydrogen-bond donors (Lipinski definition) is 6. The van der Waals surface area contributed by atoms with Crippen LogP contribution in [0.25, 0.3) is 11.1 Å². The number of hydrogen-bond acceptors (Lipinski definition) is 7. The highest BCUT2D eigenvalue weighted by Gasteiger charge is 2.28. The lowest BCUT2D eigenvalue weighted by Gasteiger charge is -2.19. The summed E-state index contributed by atoms with van der Waals surface area (Å²) in [5.41, 5.74) is 13.5. The Hall–Kier alpha value is -4.73. The SMILES string of the molecule is N=C(N)c1ccc2c(c1)=NC(c1cc(C(CC(=O)O)C(=O)O)cc(-c3ccccc3N)c1O)N=2. The minimum Gasteiger partial charge on any atom is -0.507 e. The molecule has 172 valence electrons. The molecular formula is C24H21N5O5. The number of aliphatic carboxylic acids is 2. The second-order valence-electron chi connectivity index (χ2n) is 7.83. The van der Waals surface area contributed by atoms with Crippen LogP contribution < -0.4 is 22.2 Å². The van der Waals surface area contributed by atoms with Crippen LogP contribution in [-0.2, 0) is 9.59 Å². The maximum absolute atomic E-state index is 11.9. The van der Waals surface area contributed by atoms with Crippen LogP contribution in [0.1, 0.15) is 35.2 Å². The zero-order chi connectivity index (χ0) is 24.6. The number of nitrogen functional groups attached to an aromatic ring is 2. The van der Waals surface area contributed by atoms with Gasteiger partial charge in [-0.1, -0.05) is 18.2 Å². The van der Waals surface area contributed by atoms with Gasteiger partial charge in [0.15, 0.2) is 6.17 Å². The van der Waals surface area contributed by atoms with E-state index in [1.165, 1.54) is 12.1 Å². The normalized spacial score (nSPS) is 15.0. The number of benzene rings is 3. The van der Waals surface area contributed by atoms with E-state index in [2.05, 4.69) is 9.98 Å². The Labute approximate surface area is 193 Å². The van der Waals surface area contributed by atoms with Crippen LogP contribution in [0.15, 0.2) is 64.6 Å². The molecule has 10 nitrogen and oxygen atoms in total. The van der Waals surface area contributed by atoms with Crippen molar-refractivity contribution < 1.29 is 24.9 Å². The summed E-state index contributed by atoms with van der Waals surface area (Å²) in [5, 5.41) is 38.7. The number of phenolic OH excluding ortho intramolecular Hbond substituents is 1. The van der Waals surface area contributed by atoms with Gasteiger partial charge in [0.05, 0.1) is 23.1 Å². The molecule has 0 saturated heterocycles. The predicted molar refractivity (Wildman–Crippen MR) is 123 cm³/mol. The second kappa shape index (κ2) is 8.66. The number of carboxylic acid groups (broad SMARTS) is 2. The fourth-order valence-corrected chi connectivity index (χ4v) is 3.88. The fourth-order valence-electron chi connectivity index (χ4n) is 3.88. The van der Waals surface area contributed by atoms with Crippen LogP contribution in [0.5, 0.6) is 5.75 Å². The molecule has 3 aromatic carbocycles. The summed E-state index contributed by atoms with van der Waals surface area (Å²) in [5.74, 6) is -4.29. The molecule has 1 aliphatic heterocycles. The lowest BCUT2D eigenvalue weighted by Crippen LogP contribution is -2.24. The number of aromatic hydroxyl groups is 1. The van der Waals surface area contributed by atoms with E-state index in [-0.39, 0.29) is 28.3 Å². The molecule has 0 spiro atoms. The lowest BCUT2D eigenvalue weighted by atomic mass is 9.89. The minimum absolute atomic E-state index is 0.133. The summed E-state index contributed by atoms with van der Waals surface area (Å²) >= 11 is 0. The zero-order valence-electron chi connectivity index (χ0n) is 17.8. The van der Waals surface area contributed by atoms with Crippen LogP contribution in [0.2, 0.25) is 0 Å². The van der Waals surface area contributed by atoms with Crippen molar-refractivity contribution in [3.8, 4) is 16.9 Å². The fraction of sp³-hybridized carbons (Fsp3) is 0.125. The van der Waals surface area contributed by atoms with Gasteiger partial charge in [0, 0.05) is 27.9 Å². The van der Waals surface area contributed by atoms with Crippen molar-refractivity contribution in [2.75, 3.05) is 5.73 Å². The van der Waals surface area contributed by atoms with E-state index in [1.807, 2.05) is 0 Å². The number of nitrogens with zero attached hydrogens (tertiary/aromatic N) is 2. The first-order valence-electron chi connectivity index (χ1n) is 10.2. The first kappa shape index (κ1) is 22.5. The van der Waals surface area contributed by atoms with Gasteiger partial charge in [-0.15, -0.1) is 0 Å². The summed E-state index contributed by atoms with van der Waals surface area (Å²) in [6, 6.07) is 14.5. The Morgan fingerprint density at radius 1 is 1.00 bits per heavy atom. The summed E-state index contributed by atoms with van der Waals surface area (Å²) in [6.07, 6.45) is -1.56. The number of phenols is 1. The van der Waals surface area contributed by atoms with E-state index >= 15 is 0 Å². The Bertz CT molecular complexity index is 1470. The number of carboxylic acids is 2. The van der Waals surface area contributed by atoms with Crippen molar-refractivity contribution in [1.29, 1.82) is 5.41 Å². The topological polar surface area (TPSA) is 195 Å². The van der Waals surface area contributed by atoms with Gasteiger partial charge in [-0.3, -0.25) is 25.0 Å². The second-order valence-corrected chi connectivity index (χ2v) is 7.83. The number of fused-ring (bicyclic) bond motifs is 1. The van der Waals surface area contributed by atoms with E-state index in [0.717, 1.165) is 0 Å². The Balaban J connectivity index is 1.94. The number of anilines is 1. The van der Waals surface area contributed by atoms with Gasteiger partial charge in [0.2, 0.25) is 0 Å². The van der Waals surface area contributed by atoms with Crippen LogP contribution in [0.4, 0.5) is 5.69 Å². The maximum atomic E-state index is 11.9. The zero-order valence-corrected chi connectivity index (χ0v) is 17.8. The molecule has 10 heteroatoms. The summed E-state index contributed by atoms with van der Waals surface area (Å²) in [6.45, 7) is 0. The summed E-state index contributed by atoms with van der Waals surface area (Å²) in [4.78, 5) is 32.3. The minimum atomic E-state index is -1.37. The van der Waals surface area contributed by atoms with E-state index in [4.69, 9.17) is 16.9 Å². The molecule has 0 aliphatic carbocycles. The molecule has 3 aromatic rings. The van der Waals surface area contributed by atoms with Gasteiger partial charge >= 0.3 is 11.9 Å². The average Bonchev–Trinajstić information content (AvgIpc) is 3.21. The molecule has 0 fully saturated rings. The van der Waals surface area contributed by atoms with Gasteiger partial charge in [-0.2, -0.15) is 0 Å². The van der Waals surface area contributed by atoms with Crippen molar-refractivity contribution in [3.63, 3.8) is 0 Å². The van der Waals surface area contributed by atoms with Gasteiger partial charge in [-0.05, 0) is 42.0 Å². The average molecular weight is 459 g/mol. The maximum Gasteiger partial charge on any atom is 0.311 e. The van der Waals surface area contributed by atoms with Crippen LogP contribution >= 0.6 is 0 Å². The Kier molecular flexibility index (Phi) is 5.72. The van der Waals surface area contributed by atoms with Crippen molar-refractivity contribution >= 4 is 23.5 Å². The van der Waals surface area contributed by atoms with Gasteiger partial charge in [-0.25, -0.2) is 0 Å². The number of rotatable bonds is 7. The first-order chi connectivity index (χ1) is 16.2. The highest BCUT2D eigenvalue weighted by molar-refractivity contribution is 5.94. The summed E-state index contributed by atoms with van der Waals surface area (Å²) < 4.78 is 0. The highest BCUT2D eigenvalue weighted by Crippen LogP contribution is 2.42. The van der Waals surface area contributed by atoms with Crippen LogP contribution in [0.3, 0.4) is 0 Å². The van der Waals surface area contributed by atoms with Gasteiger partial charge < -0.3 is 26.8 Å². The van der Waals surface area contributed by atoms with Crippen molar-refractivity contribution in [2.24, 2.45) is 15.7 Å². The lowest BCUT2D eigenvalue weighted by molar-refractivity contribution is -0.145. The monoisotopic (exact) mass is 459 g/mol. The van der Waals surface area contributed by atoms with Crippen molar-refractivity contribution in [2.45, 2.75) is 18.5 Å². The Morgan fingerprint density at radius 3 is 2.35 bits per heavy atom. The predicted octanol–water partition coefficient (Wildman–Crippen LogP) is 1.52. The summed E-state index contributed by atoms with van der Waals surface area (Å²) in [7, 11) is 0. The number of nitrogens with one attached hydrogen (secondary N) is 1. The molecule has 34 heavy (non-hydrogen) atoms. The molecule has 0 aromatic heterocycles. The number of nitrogens with two attached hydrogens (primary N) is 2. The molecule has 8 N–H and O–H groups in total. The molecule has 2 unspecified atom stereocenters. The molecule has 2 atom stereocenters. The van der Waals surface area contributed by atoms with Crippen LogP contribution in [0, 0.1) is 5.41 Å². The third kappa shape index (κ3) is 4.16. The third-order valence-electron chi connectivity index (χ3n) is 5.58. The quantitative estimate of drug-likeness (QED) is 0.175. The Morgan fingerprint density at radius 2 is 1.71 bits per heavy atom. The number of para-hydroxylation sites is 1. The van der Waals surface area contributed by atoms with Crippen molar-refractivity contribution in [1.82, 2.24) is 0 Å². The third-order valence-corrected chi connectivity index (χ3v) is 5.58. The smallest absolute Gasteiger partial charge is 0.311 e. The van der Waals surface area contributed by atoms with Crippen molar-refractivity contribution in [3.05, 3.63) is 82.0 Å². The molecule has 0 radical (unpaired) electrons. The molecule has 0 saturated carbocycles. The van der Waals surface area contributed by atoms with E-state index in [0.29, 0.717) is 27.5 Å². The number of amidine groups is 1.